The number of methoxy groups -OCH3 is 1. The standard InChI is InChI=1S/C17H26O2/c1-6-7-14(4)17(13(2)3)19-12-15-8-10-16(18-5)11-9-15/h6-11,13-14,17H,12H2,1-5H3/b7-6+/t14-,17-/m0/s1. The number of rotatable bonds is 7. The van der Waals surface area contributed by atoms with Gasteiger partial charge < -0.3 is 9.47 Å². The Morgan fingerprint density at radius 3 is 2.21 bits per heavy atom. The third kappa shape index (κ3) is 5.07. The van der Waals surface area contributed by atoms with Crippen molar-refractivity contribution in [1.82, 2.24) is 0 Å². The zero-order valence-electron chi connectivity index (χ0n) is 12.7. The van der Waals surface area contributed by atoms with Crippen molar-refractivity contribution in [3.8, 4) is 5.75 Å². The summed E-state index contributed by atoms with van der Waals surface area (Å²) in [4.78, 5) is 0. The van der Waals surface area contributed by atoms with E-state index in [-0.39, 0.29) is 6.10 Å². The molecule has 0 unspecified atom stereocenters. The van der Waals surface area contributed by atoms with Gasteiger partial charge in [0.1, 0.15) is 5.75 Å². The van der Waals surface area contributed by atoms with Crippen molar-refractivity contribution in [2.24, 2.45) is 11.8 Å². The maximum atomic E-state index is 6.09. The Hall–Kier alpha value is -1.28. The van der Waals surface area contributed by atoms with Gasteiger partial charge in [0.2, 0.25) is 0 Å². The monoisotopic (exact) mass is 262 g/mol. The lowest BCUT2D eigenvalue weighted by atomic mass is 9.94. The molecule has 1 rings (SSSR count). The molecule has 0 N–H and O–H groups in total. The number of hydrogen-bond acceptors (Lipinski definition) is 2. The summed E-state index contributed by atoms with van der Waals surface area (Å²) in [5, 5.41) is 0. The molecule has 0 radical (unpaired) electrons. The van der Waals surface area contributed by atoms with E-state index in [1.807, 2.05) is 12.1 Å². The fraction of sp³-hybridized carbons (Fsp3) is 0.529. The van der Waals surface area contributed by atoms with Crippen LogP contribution in [0.2, 0.25) is 0 Å². The van der Waals surface area contributed by atoms with Crippen LogP contribution < -0.4 is 4.74 Å². The Balaban J connectivity index is 2.60. The van der Waals surface area contributed by atoms with Gasteiger partial charge in [0, 0.05) is 5.92 Å². The summed E-state index contributed by atoms with van der Waals surface area (Å²) in [6, 6.07) is 8.05. The summed E-state index contributed by atoms with van der Waals surface area (Å²) in [5.41, 5.74) is 1.18. The van der Waals surface area contributed by atoms with E-state index in [2.05, 4.69) is 52.0 Å². The first-order valence-electron chi connectivity index (χ1n) is 6.95. The van der Waals surface area contributed by atoms with E-state index in [9.17, 15) is 0 Å². The SMILES string of the molecule is C/C=C/[C@H](C)[C@@H](OCc1ccc(OC)cc1)C(C)C. The third-order valence-corrected chi connectivity index (χ3v) is 3.27. The summed E-state index contributed by atoms with van der Waals surface area (Å²) in [6.45, 7) is 9.32. The Morgan fingerprint density at radius 1 is 1.11 bits per heavy atom. The molecule has 0 aliphatic rings. The molecule has 0 bridgehead atoms. The number of hydrogen-bond donors (Lipinski definition) is 0. The normalized spacial score (nSPS) is 14.8. The smallest absolute Gasteiger partial charge is 0.118 e. The lowest BCUT2D eigenvalue weighted by Gasteiger charge is -2.26. The van der Waals surface area contributed by atoms with E-state index < -0.39 is 0 Å². The van der Waals surface area contributed by atoms with Crippen LogP contribution in [0.25, 0.3) is 0 Å². The molecule has 1 aromatic rings. The van der Waals surface area contributed by atoms with Crippen LogP contribution in [0.5, 0.6) is 5.75 Å². The molecule has 2 atom stereocenters. The van der Waals surface area contributed by atoms with Gasteiger partial charge in [-0.15, -0.1) is 0 Å². The average Bonchev–Trinajstić information content (AvgIpc) is 2.39. The minimum atomic E-state index is 0.248. The average molecular weight is 262 g/mol. The summed E-state index contributed by atoms with van der Waals surface area (Å²) < 4.78 is 11.2. The van der Waals surface area contributed by atoms with E-state index in [1.165, 1.54) is 5.56 Å². The van der Waals surface area contributed by atoms with Crippen molar-refractivity contribution < 1.29 is 9.47 Å². The summed E-state index contributed by atoms with van der Waals surface area (Å²) in [5.74, 6) is 1.82. The molecule has 19 heavy (non-hydrogen) atoms. The van der Waals surface area contributed by atoms with Crippen LogP contribution in [-0.2, 0) is 11.3 Å². The lowest BCUT2D eigenvalue weighted by Crippen LogP contribution is -2.26. The maximum Gasteiger partial charge on any atom is 0.118 e. The summed E-state index contributed by atoms with van der Waals surface area (Å²) in [6.07, 6.45) is 4.55. The Morgan fingerprint density at radius 2 is 1.74 bits per heavy atom. The quantitative estimate of drug-likeness (QED) is 0.676. The second-order valence-electron chi connectivity index (χ2n) is 5.25. The van der Waals surface area contributed by atoms with Gasteiger partial charge in [-0.05, 0) is 30.5 Å². The van der Waals surface area contributed by atoms with Crippen LogP contribution >= 0.6 is 0 Å². The van der Waals surface area contributed by atoms with E-state index in [4.69, 9.17) is 9.47 Å². The zero-order chi connectivity index (χ0) is 14.3. The molecule has 0 amide bonds. The Bertz CT molecular complexity index is 379. The van der Waals surface area contributed by atoms with Gasteiger partial charge in [-0.25, -0.2) is 0 Å². The van der Waals surface area contributed by atoms with Crippen molar-refractivity contribution >= 4 is 0 Å². The van der Waals surface area contributed by atoms with E-state index in [0.29, 0.717) is 18.4 Å². The molecule has 0 saturated heterocycles. The highest BCUT2D eigenvalue weighted by Gasteiger charge is 2.19. The number of allylic oxidation sites excluding steroid dienone is 1. The molecule has 0 aromatic heterocycles. The highest BCUT2D eigenvalue weighted by atomic mass is 16.5. The first-order valence-corrected chi connectivity index (χ1v) is 6.95. The molecular formula is C17H26O2. The lowest BCUT2D eigenvalue weighted by molar-refractivity contribution is -0.0117. The molecule has 0 saturated carbocycles. The van der Waals surface area contributed by atoms with E-state index in [1.54, 1.807) is 7.11 Å². The van der Waals surface area contributed by atoms with Crippen LogP contribution in [-0.4, -0.2) is 13.2 Å². The summed E-state index contributed by atoms with van der Waals surface area (Å²) in [7, 11) is 1.68. The Labute approximate surface area is 117 Å². The number of ether oxygens (including phenoxy) is 2. The van der Waals surface area contributed by atoms with Gasteiger partial charge in [0.25, 0.3) is 0 Å². The predicted octanol–water partition coefficient (Wildman–Crippen LogP) is 4.45. The molecule has 0 heterocycles. The minimum absolute atomic E-state index is 0.248. The van der Waals surface area contributed by atoms with Crippen LogP contribution in [0.15, 0.2) is 36.4 Å². The fourth-order valence-electron chi connectivity index (χ4n) is 2.28. The fourth-order valence-corrected chi connectivity index (χ4v) is 2.28. The summed E-state index contributed by atoms with van der Waals surface area (Å²) >= 11 is 0. The molecule has 0 fully saturated rings. The predicted molar refractivity (Wildman–Crippen MR) is 80.4 cm³/mol. The first-order chi connectivity index (χ1) is 9.08. The van der Waals surface area contributed by atoms with Crippen molar-refractivity contribution in [3.63, 3.8) is 0 Å². The molecule has 106 valence electrons. The van der Waals surface area contributed by atoms with E-state index >= 15 is 0 Å². The maximum absolute atomic E-state index is 6.09. The van der Waals surface area contributed by atoms with Gasteiger partial charge in [-0.2, -0.15) is 0 Å². The van der Waals surface area contributed by atoms with Gasteiger partial charge in [-0.3, -0.25) is 0 Å². The topological polar surface area (TPSA) is 18.5 Å². The minimum Gasteiger partial charge on any atom is -0.497 e. The van der Waals surface area contributed by atoms with Gasteiger partial charge in [0.05, 0.1) is 19.8 Å². The number of benzene rings is 1. The third-order valence-electron chi connectivity index (χ3n) is 3.27. The van der Waals surface area contributed by atoms with Crippen molar-refractivity contribution in [2.45, 2.75) is 40.4 Å². The molecule has 2 nitrogen and oxygen atoms in total. The molecule has 1 aromatic carbocycles. The highest BCUT2D eigenvalue weighted by Crippen LogP contribution is 2.20. The Kier molecular flexibility index (Phi) is 6.65. The van der Waals surface area contributed by atoms with Crippen LogP contribution in [0.1, 0.15) is 33.3 Å². The van der Waals surface area contributed by atoms with Crippen LogP contribution in [0.4, 0.5) is 0 Å². The van der Waals surface area contributed by atoms with E-state index in [0.717, 1.165) is 5.75 Å². The molecule has 0 aliphatic heterocycles. The van der Waals surface area contributed by atoms with Crippen molar-refractivity contribution in [3.05, 3.63) is 42.0 Å². The highest BCUT2D eigenvalue weighted by molar-refractivity contribution is 5.26. The second kappa shape index (κ2) is 8.00. The van der Waals surface area contributed by atoms with Gasteiger partial charge in [-0.1, -0.05) is 45.1 Å². The molecule has 0 aliphatic carbocycles. The van der Waals surface area contributed by atoms with Gasteiger partial charge in [0.15, 0.2) is 0 Å². The van der Waals surface area contributed by atoms with Crippen LogP contribution in [0, 0.1) is 11.8 Å². The molecule has 2 heteroatoms. The zero-order valence-corrected chi connectivity index (χ0v) is 12.7. The van der Waals surface area contributed by atoms with Crippen LogP contribution in [0.3, 0.4) is 0 Å². The largest absolute Gasteiger partial charge is 0.497 e. The first kappa shape index (κ1) is 15.8. The molecule has 0 spiro atoms. The second-order valence-corrected chi connectivity index (χ2v) is 5.25. The van der Waals surface area contributed by atoms with Crippen molar-refractivity contribution in [1.29, 1.82) is 0 Å². The van der Waals surface area contributed by atoms with Gasteiger partial charge >= 0.3 is 0 Å². The van der Waals surface area contributed by atoms with Crippen molar-refractivity contribution in [2.75, 3.05) is 7.11 Å². The molecular weight excluding hydrogens is 236 g/mol.